The smallest absolute Gasteiger partial charge is 0.142 e. The lowest BCUT2D eigenvalue weighted by Crippen LogP contribution is -2.17. The average Bonchev–Trinajstić information content (AvgIpc) is 2.47. The van der Waals surface area contributed by atoms with Gasteiger partial charge in [0.2, 0.25) is 0 Å². The maximum Gasteiger partial charge on any atom is 0.142 e. The number of anilines is 1. The third-order valence-corrected chi connectivity index (χ3v) is 3.35. The molecule has 0 aliphatic carbocycles. The second-order valence-electron chi connectivity index (χ2n) is 4.54. The summed E-state index contributed by atoms with van der Waals surface area (Å²) in [6.07, 6.45) is 1.08. The van der Waals surface area contributed by atoms with Crippen molar-refractivity contribution in [3.8, 4) is 16.9 Å². The zero-order chi connectivity index (χ0) is 12.4. The van der Waals surface area contributed by atoms with Gasteiger partial charge in [-0.1, -0.05) is 37.3 Å². The van der Waals surface area contributed by atoms with Crippen LogP contribution >= 0.6 is 0 Å². The van der Waals surface area contributed by atoms with Crippen molar-refractivity contribution in [3.63, 3.8) is 0 Å². The van der Waals surface area contributed by atoms with Gasteiger partial charge in [-0.3, -0.25) is 0 Å². The first-order chi connectivity index (χ1) is 8.86. The molecule has 3 rings (SSSR count). The third-order valence-electron chi connectivity index (χ3n) is 3.35. The molecule has 0 fully saturated rings. The quantitative estimate of drug-likeness (QED) is 0.862. The first-order valence-corrected chi connectivity index (χ1v) is 6.47. The average molecular weight is 239 g/mol. The molecule has 0 aromatic heterocycles. The Morgan fingerprint density at radius 3 is 2.61 bits per heavy atom. The summed E-state index contributed by atoms with van der Waals surface area (Å²) < 4.78 is 5.59. The van der Waals surface area contributed by atoms with Gasteiger partial charge in [-0.2, -0.15) is 0 Å². The third kappa shape index (κ3) is 2.06. The zero-order valence-electron chi connectivity index (χ0n) is 10.6. The van der Waals surface area contributed by atoms with E-state index in [0.29, 0.717) is 0 Å². The molecule has 1 N–H and O–H groups in total. The molecule has 2 heteroatoms. The van der Waals surface area contributed by atoms with E-state index in [1.165, 1.54) is 16.7 Å². The van der Waals surface area contributed by atoms with E-state index >= 15 is 0 Å². The van der Waals surface area contributed by atoms with Gasteiger partial charge in [0, 0.05) is 6.54 Å². The molecular weight excluding hydrogens is 222 g/mol. The van der Waals surface area contributed by atoms with E-state index in [-0.39, 0.29) is 0 Å². The second kappa shape index (κ2) is 4.73. The van der Waals surface area contributed by atoms with Crippen molar-refractivity contribution < 1.29 is 4.74 Å². The number of fused-ring (bicyclic) bond motifs is 1. The highest BCUT2D eigenvalue weighted by molar-refractivity contribution is 5.72. The largest absolute Gasteiger partial charge is 0.490 e. The lowest BCUT2D eigenvalue weighted by molar-refractivity contribution is 0.323. The number of benzene rings is 2. The van der Waals surface area contributed by atoms with Crippen LogP contribution in [0.1, 0.15) is 12.5 Å². The standard InChI is InChI=1S/C16H17NO/c1-2-12-3-5-13(6-4-12)14-7-8-16-15(11-14)17-9-10-18-16/h3-8,11,17H,2,9-10H2,1H3. The molecule has 2 nitrogen and oxygen atoms in total. The monoisotopic (exact) mass is 239 g/mol. The molecular formula is C16H17NO. The van der Waals surface area contributed by atoms with E-state index in [4.69, 9.17) is 4.74 Å². The van der Waals surface area contributed by atoms with Gasteiger partial charge in [-0.25, -0.2) is 0 Å². The summed E-state index contributed by atoms with van der Waals surface area (Å²) in [7, 11) is 0. The predicted octanol–water partition coefficient (Wildman–Crippen LogP) is 3.72. The molecule has 0 radical (unpaired) electrons. The Morgan fingerprint density at radius 1 is 1.06 bits per heavy atom. The fourth-order valence-electron chi connectivity index (χ4n) is 2.25. The van der Waals surface area contributed by atoms with Gasteiger partial charge >= 0.3 is 0 Å². The lowest BCUT2D eigenvalue weighted by atomic mass is 10.0. The highest BCUT2D eigenvalue weighted by atomic mass is 16.5. The fourth-order valence-corrected chi connectivity index (χ4v) is 2.25. The Bertz CT molecular complexity index is 546. The summed E-state index contributed by atoms with van der Waals surface area (Å²) in [5, 5.41) is 3.37. The molecule has 0 atom stereocenters. The summed E-state index contributed by atoms with van der Waals surface area (Å²) in [5.41, 5.74) is 4.95. The molecule has 18 heavy (non-hydrogen) atoms. The molecule has 1 aliphatic heterocycles. The maximum atomic E-state index is 5.59. The van der Waals surface area contributed by atoms with Gasteiger partial charge in [-0.15, -0.1) is 0 Å². The van der Waals surface area contributed by atoms with E-state index in [1.54, 1.807) is 0 Å². The number of rotatable bonds is 2. The van der Waals surface area contributed by atoms with Crippen LogP contribution in [-0.4, -0.2) is 13.2 Å². The number of hydrogen-bond acceptors (Lipinski definition) is 2. The van der Waals surface area contributed by atoms with Gasteiger partial charge in [-0.05, 0) is 35.2 Å². The molecule has 2 aromatic carbocycles. The van der Waals surface area contributed by atoms with Gasteiger partial charge in [0.15, 0.2) is 0 Å². The Hall–Kier alpha value is -1.96. The van der Waals surface area contributed by atoms with Crippen molar-refractivity contribution in [2.45, 2.75) is 13.3 Å². The van der Waals surface area contributed by atoms with Crippen LogP contribution in [0.5, 0.6) is 5.75 Å². The molecule has 0 unspecified atom stereocenters. The van der Waals surface area contributed by atoms with Gasteiger partial charge in [0.1, 0.15) is 12.4 Å². The molecule has 0 bridgehead atoms. The summed E-state index contributed by atoms with van der Waals surface area (Å²) in [4.78, 5) is 0. The van der Waals surface area contributed by atoms with E-state index in [2.05, 4.69) is 48.6 Å². The first-order valence-electron chi connectivity index (χ1n) is 6.47. The molecule has 0 spiro atoms. The second-order valence-corrected chi connectivity index (χ2v) is 4.54. The van der Waals surface area contributed by atoms with Crippen LogP contribution in [0.15, 0.2) is 42.5 Å². The van der Waals surface area contributed by atoms with Crippen LogP contribution < -0.4 is 10.1 Å². The van der Waals surface area contributed by atoms with Gasteiger partial charge < -0.3 is 10.1 Å². The minimum absolute atomic E-state index is 0.748. The van der Waals surface area contributed by atoms with E-state index in [1.807, 2.05) is 6.07 Å². The van der Waals surface area contributed by atoms with Crippen LogP contribution in [-0.2, 0) is 6.42 Å². The van der Waals surface area contributed by atoms with Gasteiger partial charge in [0.25, 0.3) is 0 Å². The van der Waals surface area contributed by atoms with Crippen molar-refractivity contribution in [2.75, 3.05) is 18.5 Å². The summed E-state index contributed by atoms with van der Waals surface area (Å²) in [6.45, 7) is 3.80. The Kier molecular flexibility index (Phi) is 2.93. The maximum absolute atomic E-state index is 5.59. The molecule has 0 saturated heterocycles. The van der Waals surface area contributed by atoms with Crippen LogP contribution in [0.3, 0.4) is 0 Å². The number of hydrogen-bond donors (Lipinski definition) is 1. The molecule has 0 amide bonds. The van der Waals surface area contributed by atoms with Crippen LogP contribution in [0.2, 0.25) is 0 Å². The van der Waals surface area contributed by atoms with Crippen molar-refractivity contribution >= 4 is 5.69 Å². The Morgan fingerprint density at radius 2 is 1.83 bits per heavy atom. The van der Waals surface area contributed by atoms with E-state index < -0.39 is 0 Å². The van der Waals surface area contributed by atoms with Gasteiger partial charge in [0.05, 0.1) is 5.69 Å². The molecule has 0 saturated carbocycles. The molecule has 2 aromatic rings. The highest BCUT2D eigenvalue weighted by Crippen LogP contribution is 2.32. The SMILES string of the molecule is CCc1ccc(-c2ccc3c(c2)NCCO3)cc1. The minimum Gasteiger partial charge on any atom is -0.490 e. The van der Waals surface area contributed by atoms with Crippen LogP contribution in [0.25, 0.3) is 11.1 Å². The molecule has 1 heterocycles. The van der Waals surface area contributed by atoms with Crippen molar-refractivity contribution in [2.24, 2.45) is 0 Å². The topological polar surface area (TPSA) is 21.3 Å². The highest BCUT2D eigenvalue weighted by Gasteiger charge is 2.10. The van der Waals surface area contributed by atoms with Crippen molar-refractivity contribution in [1.82, 2.24) is 0 Å². The van der Waals surface area contributed by atoms with E-state index in [9.17, 15) is 0 Å². The fraction of sp³-hybridized carbons (Fsp3) is 0.250. The lowest BCUT2D eigenvalue weighted by Gasteiger charge is -2.19. The first kappa shape index (κ1) is 11.1. The summed E-state index contributed by atoms with van der Waals surface area (Å²) >= 11 is 0. The number of ether oxygens (including phenoxy) is 1. The summed E-state index contributed by atoms with van der Waals surface area (Å²) in [5.74, 6) is 0.954. The normalized spacial score (nSPS) is 13.4. The zero-order valence-corrected chi connectivity index (χ0v) is 10.6. The Labute approximate surface area is 108 Å². The number of aryl methyl sites for hydroxylation is 1. The predicted molar refractivity (Wildman–Crippen MR) is 75.2 cm³/mol. The number of nitrogens with one attached hydrogen (secondary N) is 1. The summed E-state index contributed by atoms with van der Waals surface area (Å²) in [6, 6.07) is 15.1. The van der Waals surface area contributed by atoms with Crippen LogP contribution in [0, 0.1) is 0 Å². The van der Waals surface area contributed by atoms with Crippen molar-refractivity contribution in [1.29, 1.82) is 0 Å². The Balaban J connectivity index is 1.95. The minimum atomic E-state index is 0.748. The van der Waals surface area contributed by atoms with E-state index in [0.717, 1.165) is 31.0 Å². The molecule has 1 aliphatic rings. The van der Waals surface area contributed by atoms with Crippen molar-refractivity contribution in [3.05, 3.63) is 48.0 Å². The van der Waals surface area contributed by atoms with Crippen LogP contribution in [0.4, 0.5) is 5.69 Å². The molecule has 92 valence electrons.